The minimum absolute atomic E-state index is 0.595. The third kappa shape index (κ3) is 2.27. The van der Waals surface area contributed by atoms with Crippen LogP contribution in [-0.2, 0) is 0 Å². The summed E-state index contributed by atoms with van der Waals surface area (Å²) >= 11 is 3.15. The average molecular weight is 287 g/mol. The molecule has 0 radical (unpaired) electrons. The zero-order chi connectivity index (χ0) is 13.4. The normalized spacial score (nSPS) is 10.8. The zero-order valence-electron chi connectivity index (χ0n) is 10.7. The third-order valence-electron chi connectivity index (χ3n) is 2.93. The zero-order valence-corrected chi connectivity index (χ0v) is 12.3. The van der Waals surface area contributed by atoms with E-state index in [1.54, 1.807) is 11.3 Å². The Morgan fingerprint density at radius 3 is 2.58 bits per heavy atom. The number of hydrogen-bond acceptors (Lipinski definition) is 5. The van der Waals surface area contributed by atoms with Crippen LogP contribution >= 0.6 is 22.7 Å². The van der Waals surface area contributed by atoms with Crippen LogP contribution in [0, 0.1) is 13.8 Å². The van der Waals surface area contributed by atoms with Crippen molar-refractivity contribution in [3.63, 3.8) is 0 Å². The third-order valence-corrected chi connectivity index (χ3v) is 4.81. The lowest BCUT2D eigenvalue weighted by molar-refractivity contribution is 1.26. The SMILES string of the molecule is Cc1ccccc1-c1nc(-c2sc(N)nc2C)cs1. The highest BCUT2D eigenvalue weighted by Crippen LogP contribution is 2.35. The molecule has 0 amide bonds. The van der Waals surface area contributed by atoms with Crippen molar-refractivity contribution in [2.75, 3.05) is 5.73 Å². The van der Waals surface area contributed by atoms with Gasteiger partial charge in [0.1, 0.15) is 5.01 Å². The number of benzene rings is 1. The molecule has 3 aromatic rings. The van der Waals surface area contributed by atoms with Crippen LogP contribution in [0.5, 0.6) is 0 Å². The highest BCUT2D eigenvalue weighted by molar-refractivity contribution is 7.19. The molecule has 0 saturated heterocycles. The molecule has 3 nitrogen and oxygen atoms in total. The Balaban J connectivity index is 2.05. The molecular weight excluding hydrogens is 274 g/mol. The topological polar surface area (TPSA) is 51.8 Å². The van der Waals surface area contributed by atoms with E-state index in [1.165, 1.54) is 22.5 Å². The Hall–Kier alpha value is -1.72. The standard InChI is InChI=1S/C14H13N3S2/c1-8-5-3-4-6-10(8)13-17-11(7-18-13)12-9(2)16-14(15)19-12/h3-7H,1-2H3,(H2,15,16). The molecule has 0 spiro atoms. The van der Waals surface area contributed by atoms with E-state index in [0.29, 0.717) is 5.13 Å². The van der Waals surface area contributed by atoms with Crippen molar-refractivity contribution in [3.05, 3.63) is 40.9 Å². The molecule has 1 aromatic carbocycles. The van der Waals surface area contributed by atoms with Gasteiger partial charge < -0.3 is 5.73 Å². The van der Waals surface area contributed by atoms with E-state index < -0.39 is 0 Å². The number of hydrogen-bond donors (Lipinski definition) is 1. The first-order chi connectivity index (χ1) is 9.15. The number of aryl methyl sites for hydroxylation is 2. The quantitative estimate of drug-likeness (QED) is 0.771. The molecule has 3 rings (SSSR count). The van der Waals surface area contributed by atoms with E-state index in [4.69, 9.17) is 10.7 Å². The number of nitrogen functional groups attached to an aromatic ring is 1. The predicted octanol–water partition coefficient (Wildman–Crippen LogP) is 4.13. The Morgan fingerprint density at radius 2 is 1.89 bits per heavy atom. The van der Waals surface area contributed by atoms with Crippen molar-refractivity contribution in [3.8, 4) is 21.1 Å². The maximum atomic E-state index is 5.74. The first kappa shape index (κ1) is 12.3. The largest absolute Gasteiger partial charge is 0.375 e. The molecule has 5 heteroatoms. The monoisotopic (exact) mass is 287 g/mol. The number of nitrogens with two attached hydrogens (primary N) is 1. The highest BCUT2D eigenvalue weighted by Gasteiger charge is 2.13. The van der Waals surface area contributed by atoms with E-state index in [9.17, 15) is 0 Å². The summed E-state index contributed by atoms with van der Waals surface area (Å²) in [6.45, 7) is 4.07. The lowest BCUT2D eigenvalue weighted by Crippen LogP contribution is -1.83. The number of aromatic nitrogens is 2. The Bertz CT molecular complexity index is 728. The van der Waals surface area contributed by atoms with Crippen LogP contribution in [0.3, 0.4) is 0 Å². The lowest BCUT2D eigenvalue weighted by Gasteiger charge is -2.00. The van der Waals surface area contributed by atoms with E-state index in [2.05, 4.69) is 29.4 Å². The summed E-state index contributed by atoms with van der Waals surface area (Å²) in [7, 11) is 0. The summed E-state index contributed by atoms with van der Waals surface area (Å²) < 4.78 is 0. The van der Waals surface area contributed by atoms with Gasteiger partial charge >= 0.3 is 0 Å². The molecule has 0 atom stereocenters. The Morgan fingerprint density at radius 1 is 1.11 bits per heavy atom. The number of nitrogens with zero attached hydrogens (tertiary/aromatic N) is 2. The van der Waals surface area contributed by atoms with E-state index in [1.807, 2.05) is 19.1 Å². The molecule has 0 aliphatic carbocycles. The van der Waals surface area contributed by atoms with Crippen LogP contribution in [0.15, 0.2) is 29.6 Å². The lowest BCUT2D eigenvalue weighted by atomic mass is 10.1. The summed E-state index contributed by atoms with van der Waals surface area (Å²) in [6.07, 6.45) is 0. The van der Waals surface area contributed by atoms with Crippen LogP contribution in [-0.4, -0.2) is 9.97 Å². The van der Waals surface area contributed by atoms with Gasteiger partial charge in [0.2, 0.25) is 0 Å². The summed E-state index contributed by atoms with van der Waals surface area (Å²) in [5, 5.41) is 3.71. The molecule has 96 valence electrons. The van der Waals surface area contributed by atoms with Crippen molar-refractivity contribution >= 4 is 27.8 Å². The van der Waals surface area contributed by atoms with Gasteiger partial charge in [0.15, 0.2) is 5.13 Å². The first-order valence-electron chi connectivity index (χ1n) is 5.90. The van der Waals surface area contributed by atoms with Gasteiger partial charge in [0.05, 0.1) is 16.3 Å². The Kier molecular flexibility index (Phi) is 3.08. The fourth-order valence-corrected chi connectivity index (χ4v) is 3.74. The van der Waals surface area contributed by atoms with Crippen molar-refractivity contribution in [1.29, 1.82) is 0 Å². The molecule has 0 bridgehead atoms. The molecule has 0 fully saturated rings. The van der Waals surface area contributed by atoms with Gasteiger partial charge in [0, 0.05) is 10.9 Å². The smallest absolute Gasteiger partial charge is 0.180 e. The summed E-state index contributed by atoms with van der Waals surface area (Å²) in [5.41, 5.74) is 10.1. The van der Waals surface area contributed by atoms with Crippen molar-refractivity contribution in [2.45, 2.75) is 13.8 Å². The summed E-state index contributed by atoms with van der Waals surface area (Å²) in [5.74, 6) is 0. The number of anilines is 1. The maximum Gasteiger partial charge on any atom is 0.180 e. The van der Waals surface area contributed by atoms with Crippen LogP contribution < -0.4 is 5.73 Å². The second-order valence-electron chi connectivity index (χ2n) is 4.32. The second kappa shape index (κ2) is 4.75. The first-order valence-corrected chi connectivity index (χ1v) is 7.59. The van der Waals surface area contributed by atoms with Crippen LogP contribution in [0.4, 0.5) is 5.13 Å². The summed E-state index contributed by atoms with van der Waals surface area (Å²) in [4.78, 5) is 10.0. The molecule has 2 aromatic heterocycles. The van der Waals surface area contributed by atoms with Gasteiger partial charge in [-0.15, -0.1) is 11.3 Å². The molecule has 2 N–H and O–H groups in total. The fraction of sp³-hybridized carbons (Fsp3) is 0.143. The Labute approximate surface area is 119 Å². The number of thiazole rings is 2. The van der Waals surface area contributed by atoms with Crippen LogP contribution in [0.25, 0.3) is 21.1 Å². The van der Waals surface area contributed by atoms with E-state index in [-0.39, 0.29) is 0 Å². The molecular formula is C14H13N3S2. The van der Waals surface area contributed by atoms with Gasteiger partial charge in [-0.05, 0) is 19.4 Å². The highest BCUT2D eigenvalue weighted by atomic mass is 32.1. The van der Waals surface area contributed by atoms with Crippen molar-refractivity contribution < 1.29 is 0 Å². The van der Waals surface area contributed by atoms with Crippen LogP contribution in [0.2, 0.25) is 0 Å². The molecule has 19 heavy (non-hydrogen) atoms. The molecule has 2 heterocycles. The predicted molar refractivity (Wildman–Crippen MR) is 82.5 cm³/mol. The van der Waals surface area contributed by atoms with E-state index in [0.717, 1.165) is 21.3 Å². The van der Waals surface area contributed by atoms with Gasteiger partial charge in [-0.1, -0.05) is 35.6 Å². The maximum absolute atomic E-state index is 5.74. The van der Waals surface area contributed by atoms with Gasteiger partial charge in [-0.25, -0.2) is 9.97 Å². The minimum Gasteiger partial charge on any atom is -0.375 e. The fourth-order valence-electron chi connectivity index (χ4n) is 1.97. The van der Waals surface area contributed by atoms with Gasteiger partial charge in [0.25, 0.3) is 0 Å². The van der Waals surface area contributed by atoms with Gasteiger partial charge in [-0.2, -0.15) is 0 Å². The minimum atomic E-state index is 0.595. The van der Waals surface area contributed by atoms with E-state index >= 15 is 0 Å². The second-order valence-corrected chi connectivity index (χ2v) is 6.21. The average Bonchev–Trinajstić information content (AvgIpc) is 2.96. The van der Waals surface area contributed by atoms with Gasteiger partial charge in [-0.3, -0.25) is 0 Å². The molecule has 0 saturated carbocycles. The van der Waals surface area contributed by atoms with Crippen molar-refractivity contribution in [2.24, 2.45) is 0 Å². The van der Waals surface area contributed by atoms with Crippen LogP contribution in [0.1, 0.15) is 11.3 Å². The molecule has 0 aliphatic heterocycles. The van der Waals surface area contributed by atoms with Crippen molar-refractivity contribution in [1.82, 2.24) is 9.97 Å². The summed E-state index contributed by atoms with van der Waals surface area (Å²) in [6, 6.07) is 8.29. The molecule has 0 aliphatic rings. The number of rotatable bonds is 2. The molecule has 0 unspecified atom stereocenters.